The number of aliphatic carboxylic acids is 1. The third-order valence-corrected chi connectivity index (χ3v) is 11.8. The van der Waals surface area contributed by atoms with Gasteiger partial charge in [0.05, 0.1) is 12.5 Å². The predicted octanol–water partition coefficient (Wildman–Crippen LogP) is -0.594. The third-order valence-electron chi connectivity index (χ3n) is 11.8. The van der Waals surface area contributed by atoms with E-state index in [1.165, 1.54) is 0 Å². The summed E-state index contributed by atoms with van der Waals surface area (Å²) in [6.45, 7) is 0.461. The number of para-hydroxylation sites is 1. The molecular formula is C47H62N12O8. The lowest BCUT2D eigenvalue weighted by molar-refractivity contribution is -0.141. The van der Waals surface area contributed by atoms with Crippen molar-refractivity contribution in [3.63, 3.8) is 0 Å². The molecule has 0 radical (unpaired) electrons. The van der Waals surface area contributed by atoms with Gasteiger partial charge in [-0.1, -0.05) is 72.8 Å². The average molecular weight is 923 g/mol. The number of primary amides is 1. The largest absolute Gasteiger partial charge is 0.481 e. The highest BCUT2D eigenvalue weighted by Gasteiger charge is 2.45. The summed E-state index contributed by atoms with van der Waals surface area (Å²) in [6.07, 6.45) is 2.92. The number of carbonyl (C=O) groups is 7. The molecule has 67 heavy (non-hydrogen) atoms. The Morgan fingerprint density at radius 1 is 0.701 bits per heavy atom. The predicted molar refractivity (Wildman–Crippen MR) is 251 cm³/mol. The van der Waals surface area contributed by atoms with E-state index in [0.29, 0.717) is 36.9 Å². The molecule has 4 aromatic rings. The first-order valence-corrected chi connectivity index (χ1v) is 22.3. The van der Waals surface area contributed by atoms with Crippen LogP contribution in [0.1, 0.15) is 67.2 Å². The van der Waals surface area contributed by atoms with Crippen LogP contribution >= 0.6 is 0 Å². The van der Waals surface area contributed by atoms with Crippen molar-refractivity contribution >= 4 is 58.3 Å². The molecule has 0 spiro atoms. The van der Waals surface area contributed by atoms with Crippen LogP contribution in [0.25, 0.3) is 10.9 Å². The number of aromatic nitrogens is 1. The van der Waals surface area contributed by atoms with Crippen molar-refractivity contribution in [2.75, 3.05) is 13.1 Å². The van der Waals surface area contributed by atoms with Gasteiger partial charge in [0.25, 0.3) is 0 Å². The van der Waals surface area contributed by atoms with Crippen LogP contribution < -0.4 is 55.3 Å². The Hall–Kier alpha value is -7.32. The van der Waals surface area contributed by atoms with Gasteiger partial charge in [0.2, 0.25) is 35.4 Å². The highest BCUT2D eigenvalue weighted by molar-refractivity contribution is 5.99. The number of unbranched alkanes of at least 4 members (excludes halogenated alkanes) is 1. The summed E-state index contributed by atoms with van der Waals surface area (Å²) in [5.74, 6) is -6.06. The van der Waals surface area contributed by atoms with E-state index in [1.54, 1.807) is 42.6 Å². The second kappa shape index (κ2) is 24.3. The molecule has 20 heteroatoms. The smallest absolute Gasteiger partial charge is 0.305 e. The first kappa shape index (κ1) is 50.7. The topological polar surface area (TPSA) is 358 Å². The fourth-order valence-electron chi connectivity index (χ4n) is 8.15. The third kappa shape index (κ3) is 14.6. The number of carbonyl (C=O) groups excluding carboxylic acids is 6. The van der Waals surface area contributed by atoms with Crippen molar-refractivity contribution in [3.8, 4) is 0 Å². The molecule has 0 saturated heterocycles. The van der Waals surface area contributed by atoms with Gasteiger partial charge in [-0.15, -0.1) is 0 Å². The molecule has 1 aliphatic carbocycles. The van der Waals surface area contributed by atoms with Crippen molar-refractivity contribution in [1.29, 1.82) is 0 Å². The zero-order chi connectivity index (χ0) is 48.5. The van der Waals surface area contributed by atoms with E-state index in [9.17, 15) is 38.7 Å². The van der Waals surface area contributed by atoms with Crippen LogP contribution in [0, 0.1) is 0 Å². The number of benzene rings is 3. The van der Waals surface area contributed by atoms with E-state index in [2.05, 4.69) is 36.6 Å². The first-order valence-electron chi connectivity index (χ1n) is 22.3. The molecule has 0 saturated carbocycles. The van der Waals surface area contributed by atoms with Gasteiger partial charge in [-0.3, -0.25) is 38.6 Å². The van der Waals surface area contributed by atoms with Crippen LogP contribution in [0.2, 0.25) is 0 Å². The minimum atomic E-state index is -1.65. The number of aromatic amines is 1. The van der Waals surface area contributed by atoms with Gasteiger partial charge in [0.1, 0.15) is 29.7 Å². The number of aliphatic imine (C=N–C) groups is 1. The van der Waals surface area contributed by atoms with Crippen LogP contribution in [0.15, 0.2) is 90.1 Å². The molecule has 20 nitrogen and oxygen atoms in total. The van der Waals surface area contributed by atoms with Gasteiger partial charge in [-0.25, -0.2) is 0 Å². The van der Waals surface area contributed by atoms with Crippen molar-refractivity contribution in [2.24, 2.45) is 33.7 Å². The van der Waals surface area contributed by atoms with E-state index >= 15 is 0 Å². The van der Waals surface area contributed by atoms with Gasteiger partial charge < -0.3 is 65.3 Å². The number of nitrogens with zero attached hydrogens (tertiary/aromatic N) is 1. The first-order chi connectivity index (χ1) is 32.1. The number of fused-ring (bicyclic) bond motifs is 2. The summed E-state index contributed by atoms with van der Waals surface area (Å²) in [5, 5.41) is 24.0. The van der Waals surface area contributed by atoms with Crippen LogP contribution in [0.4, 0.5) is 0 Å². The number of guanidine groups is 1. The molecule has 1 aliphatic rings. The molecule has 5 rings (SSSR count). The van der Waals surface area contributed by atoms with Gasteiger partial charge in [-0.2, -0.15) is 0 Å². The zero-order valence-corrected chi connectivity index (χ0v) is 37.3. The van der Waals surface area contributed by atoms with E-state index in [-0.39, 0.29) is 57.5 Å². The lowest BCUT2D eigenvalue weighted by Crippen LogP contribution is -2.66. The van der Waals surface area contributed by atoms with Gasteiger partial charge in [0, 0.05) is 42.9 Å². The molecule has 1 unspecified atom stereocenters. The van der Waals surface area contributed by atoms with E-state index in [1.807, 2.05) is 42.5 Å². The SMILES string of the molecule is NCCCC[C@H](NC(=O)[C@H](Cc1c[nH]c2ccccc12)NC(=O)[C@H](CCCN=C(N)N)NC(=O)[C@@H](Cc1ccccc1)NC(=O)C1(NC(=O)[C@@H](N)CC(=O)O)CCc2ccccc2C1)C(N)=O. The fourth-order valence-corrected chi connectivity index (χ4v) is 8.15. The summed E-state index contributed by atoms with van der Waals surface area (Å²) in [6, 6.07) is 17.1. The number of amides is 6. The summed E-state index contributed by atoms with van der Waals surface area (Å²) in [5.41, 5.74) is 30.6. The number of carboxylic acid groups (broad SMARTS) is 1. The maximum atomic E-state index is 14.7. The summed E-state index contributed by atoms with van der Waals surface area (Å²) in [7, 11) is 0. The zero-order valence-electron chi connectivity index (χ0n) is 37.3. The Bertz CT molecular complexity index is 2400. The van der Waals surface area contributed by atoms with Gasteiger partial charge in [-0.05, 0) is 79.8 Å². The van der Waals surface area contributed by atoms with E-state index in [4.69, 9.17) is 28.7 Å². The molecule has 1 heterocycles. The monoisotopic (exact) mass is 922 g/mol. The van der Waals surface area contributed by atoms with Crippen molar-refractivity contribution in [3.05, 3.63) is 107 Å². The molecule has 6 atom stereocenters. The Kier molecular flexibility index (Phi) is 18.4. The summed E-state index contributed by atoms with van der Waals surface area (Å²) >= 11 is 0. The fraction of sp³-hybridized carbons (Fsp3) is 0.404. The molecule has 0 aliphatic heterocycles. The van der Waals surface area contributed by atoms with Crippen LogP contribution in [-0.4, -0.2) is 106 Å². The maximum absolute atomic E-state index is 14.7. The van der Waals surface area contributed by atoms with Gasteiger partial charge >= 0.3 is 5.97 Å². The minimum absolute atomic E-state index is 0.0134. The number of nitrogens with two attached hydrogens (primary N) is 5. The molecule has 0 bridgehead atoms. The standard InChI is InChI=1S/C47H62N12O8/c48-21-9-8-17-35(40(50)62)55-44(66)38(24-31-27-54-34-16-7-6-15-32(31)34)57-42(64)36(18-10-22-53-46(51)52)56-43(65)37(23-28-11-2-1-3-12-28)58-45(67)47(59-41(63)33(49)25-39(60)61)20-19-29-13-4-5-14-30(29)26-47/h1-7,11-16,27,33,35-38,54H,8-10,17-26,48-49H2,(H2,50,62)(H,55,66)(H,56,65)(H,57,64)(H,58,67)(H,59,63)(H,60,61)(H4,51,52,53)/t33-,35-,36-,37+,38-,47?/m0/s1. The van der Waals surface area contributed by atoms with Crippen LogP contribution in [0.5, 0.6) is 0 Å². The van der Waals surface area contributed by atoms with Crippen LogP contribution in [0.3, 0.4) is 0 Å². The number of H-pyrrole nitrogens is 1. The summed E-state index contributed by atoms with van der Waals surface area (Å²) in [4.78, 5) is 103. The quantitative estimate of drug-likeness (QED) is 0.0225. The Morgan fingerprint density at radius 2 is 1.31 bits per heavy atom. The number of carboxylic acids is 1. The Balaban J connectivity index is 1.46. The number of rotatable bonds is 25. The molecule has 3 aromatic carbocycles. The number of hydrogen-bond acceptors (Lipinski definition) is 10. The molecular weight excluding hydrogens is 861 g/mol. The van der Waals surface area contributed by atoms with Crippen molar-refractivity contribution in [2.45, 2.75) is 106 Å². The van der Waals surface area contributed by atoms with Crippen molar-refractivity contribution < 1.29 is 38.7 Å². The highest BCUT2D eigenvalue weighted by atomic mass is 16.4. The number of nitrogens with one attached hydrogen (secondary N) is 6. The van der Waals surface area contributed by atoms with E-state index in [0.717, 1.165) is 22.0 Å². The molecule has 0 fully saturated rings. The Morgan fingerprint density at radius 3 is 2.00 bits per heavy atom. The lowest BCUT2D eigenvalue weighted by atomic mass is 9.76. The number of aryl methyl sites for hydroxylation is 1. The Labute approximate surface area is 388 Å². The second-order valence-corrected chi connectivity index (χ2v) is 16.8. The highest BCUT2D eigenvalue weighted by Crippen LogP contribution is 2.30. The molecule has 6 amide bonds. The minimum Gasteiger partial charge on any atom is -0.481 e. The molecule has 17 N–H and O–H groups in total. The van der Waals surface area contributed by atoms with Crippen molar-refractivity contribution in [1.82, 2.24) is 31.6 Å². The molecule has 1 aromatic heterocycles. The lowest BCUT2D eigenvalue weighted by Gasteiger charge is -2.39. The average Bonchev–Trinajstić information content (AvgIpc) is 3.71. The summed E-state index contributed by atoms with van der Waals surface area (Å²) < 4.78 is 0. The van der Waals surface area contributed by atoms with Gasteiger partial charge in [0.15, 0.2) is 5.96 Å². The number of hydrogen-bond donors (Lipinski definition) is 12. The second-order valence-electron chi connectivity index (χ2n) is 16.8. The molecule has 358 valence electrons. The normalized spacial score (nSPS) is 16.4. The van der Waals surface area contributed by atoms with E-state index < -0.39 is 83.6 Å². The maximum Gasteiger partial charge on any atom is 0.305 e. The van der Waals surface area contributed by atoms with Crippen LogP contribution in [-0.2, 0) is 59.2 Å².